The molecule has 0 heterocycles. The fourth-order valence-corrected chi connectivity index (χ4v) is 1.17. The number of ketones is 1. The van der Waals surface area contributed by atoms with Crippen LogP contribution in [0, 0.1) is 21.0 Å². The van der Waals surface area contributed by atoms with E-state index in [1.807, 2.05) is 15.8 Å². The van der Waals surface area contributed by atoms with E-state index >= 15 is 0 Å². The molecule has 0 bridgehead atoms. The molecule has 0 aromatic carbocycles. The molecule has 13 heteroatoms. The second-order valence-corrected chi connectivity index (χ2v) is 4.30. The summed E-state index contributed by atoms with van der Waals surface area (Å²) in [5.74, 6) is -5.04. The van der Waals surface area contributed by atoms with E-state index in [9.17, 15) is 20.4 Å². The highest BCUT2D eigenvalue weighted by atomic mass is 16.7. The molecule has 0 aliphatic rings. The summed E-state index contributed by atoms with van der Waals surface area (Å²) >= 11 is 0. The number of carbonyl (C=O) groups is 1. The van der Waals surface area contributed by atoms with Gasteiger partial charge >= 0.3 is 11.6 Å². The molecule has 0 radical (unpaired) electrons. The second-order valence-electron chi connectivity index (χ2n) is 4.30. The molecule has 0 unspecified atom stereocenters. The van der Waals surface area contributed by atoms with Gasteiger partial charge in [0.2, 0.25) is 15.8 Å². The SMILES string of the molecule is CC(C)(C)C(=O)C(/[N+]([O-])=N/O)(/[N+]([O-])=N/O)/[N+]([O-])=N/O. The number of nitrogens with zero attached hydrogens (tertiary/aromatic N) is 6. The van der Waals surface area contributed by atoms with Crippen LogP contribution >= 0.6 is 0 Å². The first-order chi connectivity index (χ1) is 8.60. The maximum Gasteiger partial charge on any atom is 0.715 e. The monoisotopic (exact) mass is 280 g/mol. The molecule has 0 saturated carbocycles. The fraction of sp³-hybridized carbons (Fsp3) is 0.833. The van der Waals surface area contributed by atoms with E-state index < -0.39 is 31.6 Å². The summed E-state index contributed by atoms with van der Waals surface area (Å²) in [5.41, 5.74) is -1.49. The van der Waals surface area contributed by atoms with Crippen molar-refractivity contribution in [3.05, 3.63) is 15.6 Å². The van der Waals surface area contributed by atoms with Gasteiger partial charge in [-0.15, -0.1) is 0 Å². The number of hydrogen-bond donors (Lipinski definition) is 3. The molecule has 19 heavy (non-hydrogen) atoms. The maximum atomic E-state index is 12.0. The van der Waals surface area contributed by atoms with Crippen LogP contribution in [0.1, 0.15) is 20.8 Å². The number of carbonyl (C=O) groups excluding carboxylic acids is 1. The zero-order chi connectivity index (χ0) is 15.4. The van der Waals surface area contributed by atoms with Gasteiger partial charge in [-0.2, -0.15) is 0 Å². The van der Waals surface area contributed by atoms with Gasteiger partial charge in [0.25, 0.3) is 0 Å². The van der Waals surface area contributed by atoms with E-state index in [-0.39, 0.29) is 0 Å². The average Bonchev–Trinajstić information content (AvgIpc) is 2.36. The lowest BCUT2D eigenvalue weighted by molar-refractivity contribution is -0.992. The number of rotatable bonds is 4. The molecule has 108 valence electrons. The third kappa shape index (κ3) is 2.43. The van der Waals surface area contributed by atoms with Gasteiger partial charge in [0.1, 0.15) is 0 Å². The molecule has 0 aromatic rings. The fourth-order valence-electron chi connectivity index (χ4n) is 1.17. The first-order valence-corrected chi connectivity index (χ1v) is 4.62. The summed E-state index contributed by atoms with van der Waals surface area (Å²) in [6, 6.07) is 0. The van der Waals surface area contributed by atoms with Gasteiger partial charge in [-0.25, -0.2) is 0 Å². The van der Waals surface area contributed by atoms with Crippen molar-refractivity contribution in [2.24, 2.45) is 21.2 Å². The van der Waals surface area contributed by atoms with Crippen LogP contribution in [0.2, 0.25) is 0 Å². The Bertz CT molecular complexity index is 404. The Hall–Kier alpha value is -2.73. The molecule has 0 rings (SSSR count). The smallest absolute Gasteiger partial charge is 0.586 e. The number of Topliss-reactive ketones (excluding diaryl/α,β-unsaturated/α-hetero) is 1. The van der Waals surface area contributed by atoms with E-state index in [4.69, 9.17) is 15.6 Å². The van der Waals surface area contributed by atoms with E-state index in [2.05, 4.69) is 0 Å². The van der Waals surface area contributed by atoms with Crippen molar-refractivity contribution in [1.82, 2.24) is 0 Å². The van der Waals surface area contributed by atoms with E-state index in [1.165, 1.54) is 20.8 Å². The van der Waals surface area contributed by atoms with Crippen LogP contribution in [0.4, 0.5) is 0 Å². The lowest BCUT2D eigenvalue weighted by Crippen LogP contribution is -2.63. The Kier molecular flexibility index (Phi) is 4.52. The third-order valence-electron chi connectivity index (χ3n) is 2.03. The quantitative estimate of drug-likeness (QED) is 0.285. The summed E-state index contributed by atoms with van der Waals surface area (Å²) in [7, 11) is 0. The van der Waals surface area contributed by atoms with Gasteiger partial charge in [-0.1, -0.05) is 20.8 Å². The van der Waals surface area contributed by atoms with Crippen LogP contribution in [0.3, 0.4) is 0 Å². The first kappa shape index (κ1) is 16.3. The summed E-state index contributed by atoms with van der Waals surface area (Å²) < 4.78 is 0. The second kappa shape index (κ2) is 5.28. The van der Waals surface area contributed by atoms with Crippen molar-refractivity contribution in [3.8, 4) is 0 Å². The van der Waals surface area contributed by atoms with Crippen LogP contribution in [0.5, 0.6) is 0 Å². The molecular weight excluding hydrogens is 268 g/mol. The van der Waals surface area contributed by atoms with Gasteiger partial charge in [0, 0.05) is 5.41 Å². The minimum atomic E-state index is -3.59. The Morgan fingerprint density at radius 1 is 0.895 bits per heavy atom. The standard InChI is InChI=1S/C6H12N6O7/c1-5(2,3)4(13)6(10(17)7-14,11(18)8-15)12(19)9-16/h14-16H,1-3H3/b10-7-,11-8-,12-9-. The van der Waals surface area contributed by atoms with Crippen LogP contribution in [-0.2, 0) is 4.79 Å². The van der Waals surface area contributed by atoms with Gasteiger partial charge in [0.05, 0.1) is 14.6 Å². The van der Waals surface area contributed by atoms with E-state index in [0.29, 0.717) is 0 Å². The van der Waals surface area contributed by atoms with E-state index in [1.54, 1.807) is 0 Å². The molecule has 0 fully saturated rings. The van der Waals surface area contributed by atoms with Gasteiger partial charge in [-0.05, 0) is 0 Å². The maximum absolute atomic E-state index is 12.0. The number of hydrogen-bond acceptors (Lipinski definition) is 7. The van der Waals surface area contributed by atoms with E-state index in [0.717, 1.165) is 0 Å². The van der Waals surface area contributed by atoms with Crippen molar-refractivity contribution < 1.29 is 35.0 Å². The molecular formula is C6H12N6O7. The van der Waals surface area contributed by atoms with Crippen molar-refractivity contribution in [1.29, 1.82) is 0 Å². The van der Waals surface area contributed by atoms with Crippen LogP contribution < -0.4 is 0 Å². The molecule has 0 spiro atoms. The van der Waals surface area contributed by atoms with Gasteiger partial charge < -0.3 is 31.2 Å². The molecule has 0 aliphatic carbocycles. The van der Waals surface area contributed by atoms with Gasteiger partial charge in [0.15, 0.2) is 0 Å². The summed E-state index contributed by atoms with van der Waals surface area (Å²) in [6.07, 6.45) is 0. The van der Waals surface area contributed by atoms with Crippen LogP contribution in [0.15, 0.2) is 15.8 Å². The van der Waals surface area contributed by atoms with Crippen molar-refractivity contribution in [2.75, 3.05) is 0 Å². The van der Waals surface area contributed by atoms with Crippen molar-refractivity contribution in [2.45, 2.75) is 26.6 Å². The topological polar surface area (TPSA) is 193 Å². The highest BCUT2D eigenvalue weighted by Crippen LogP contribution is 2.28. The van der Waals surface area contributed by atoms with Gasteiger partial charge in [-0.3, -0.25) is 4.79 Å². The molecule has 13 nitrogen and oxygen atoms in total. The molecule has 0 atom stereocenters. The Morgan fingerprint density at radius 2 is 1.16 bits per heavy atom. The van der Waals surface area contributed by atoms with Crippen molar-refractivity contribution >= 4 is 5.78 Å². The minimum absolute atomic E-state index is 1.06. The third-order valence-corrected chi connectivity index (χ3v) is 2.03. The molecule has 0 amide bonds. The molecule has 0 saturated heterocycles. The van der Waals surface area contributed by atoms with Crippen LogP contribution in [0.25, 0.3) is 0 Å². The molecule has 0 aliphatic heterocycles. The lowest BCUT2D eigenvalue weighted by Gasteiger charge is -2.22. The summed E-state index contributed by atoms with van der Waals surface area (Å²) in [6.45, 7) is 3.64. The molecule has 0 aromatic heterocycles. The Labute approximate surface area is 105 Å². The van der Waals surface area contributed by atoms with Crippen LogP contribution in [-0.4, -0.2) is 41.8 Å². The Balaban J connectivity index is 6.51. The normalized spacial score (nSPS) is 15.4. The Morgan fingerprint density at radius 3 is 1.32 bits per heavy atom. The average molecular weight is 280 g/mol. The summed E-state index contributed by atoms with van der Waals surface area (Å²) in [5, 5.41) is 65.2. The largest absolute Gasteiger partial charge is 0.715 e. The predicted molar refractivity (Wildman–Crippen MR) is 50.7 cm³/mol. The lowest BCUT2D eigenvalue weighted by atomic mass is 9.87. The first-order valence-electron chi connectivity index (χ1n) is 4.62. The minimum Gasteiger partial charge on any atom is -0.586 e. The predicted octanol–water partition coefficient (Wildman–Crippen LogP) is 0.310. The highest BCUT2D eigenvalue weighted by molar-refractivity contribution is 5.88. The summed E-state index contributed by atoms with van der Waals surface area (Å²) in [4.78, 5) is 8.88. The zero-order valence-corrected chi connectivity index (χ0v) is 10.2. The highest BCUT2D eigenvalue weighted by Gasteiger charge is 2.76. The number of hydroxylamine groups is 3. The molecule has 3 N–H and O–H groups in total. The van der Waals surface area contributed by atoms with Crippen molar-refractivity contribution in [3.63, 3.8) is 0 Å². The zero-order valence-electron chi connectivity index (χ0n) is 10.2.